The number of anilines is 4. The van der Waals surface area contributed by atoms with E-state index in [0.717, 1.165) is 0 Å². The molecule has 28 heavy (non-hydrogen) atoms. The monoisotopic (exact) mass is 389 g/mol. The maximum absolute atomic E-state index is 14.3. The number of hydrogen-bond acceptors (Lipinski definition) is 7. The molecule has 1 aliphatic rings. The molecule has 1 aromatic heterocycles. The van der Waals surface area contributed by atoms with E-state index in [4.69, 9.17) is 4.74 Å². The Bertz CT molecular complexity index is 856. The lowest BCUT2D eigenvalue weighted by molar-refractivity contribution is -0.384. The molecule has 8 nitrogen and oxygen atoms in total. The van der Waals surface area contributed by atoms with E-state index in [-0.39, 0.29) is 23.7 Å². The van der Waals surface area contributed by atoms with Gasteiger partial charge in [-0.05, 0) is 39.0 Å². The molecule has 2 aromatic rings. The molecule has 1 aromatic carbocycles. The Kier molecular flexibility index (Phi) is 5.64. The number of para-hydroxylation sites is 2. The molecule has 2 heterocycles. The lowest BCUT2D eigenvalue weighted by Gasteiger charge is -2.33. The van der Waals surface area contributed by atoms with Crippen LogP contribution in [0.1, 0.15) is 20.8 Å². The first kappa shape index (κ1) is 19.8. The number of halogens is 1. The van der Waals surface area contributed by atoms with Crippen molar-refractivity contribution < 1.29 is 14.1 Å². The van der Waals surface area contributed by atoms with Gasteiger partial charge >= 0.3 is 5.69 Å². The van der Waals surface area contributed by atoms with Crippen LogP contribution >= 0.6 is 0 Å². The quantitative estimate of drug-likeness (QED) is 0.452. The van der Waals surface area contributed by atoms with Crippen LogP contribution in [0.2, 0.25) is 0 Å². The molecule has 0 aliphatic carbocycles. The van der Waals surface area contributed by atoms with Crippen LogP contribution in [0.4, 0.5) is 33.1 Å². The number of aromatic nitrogens is 1. The lowest BCUT2D eigenvalue weighted by Crippen LogP contribution is -2.43. The molecule has 0 saturated carbocycles. The van der Waals surface area contributed by atoms with Crippen molar-refractivity contribution in [3.05, 3.63) is 46.5 Å². The average molecular weight is 389 g/mol. The summed E-state index contributed by atoms with van der Waals surface area (Å²) in [6.45, 7) is 6.70. The number of hydrogen-bond donors (Lipinski definition) is 2. The van der Waals surface area contributed by atoms with Gasteiger partial charge in [0, 0.05) is 18.2 Å². The molecule has 9 heteroatoms. The van der Waals surface area contributed by atoms with Crippen LogP contribution in [0.25, 0.3) is 0 Å². The lowest BCUT2D eigenvalue weighted by atomic mass is 10.1. The van der Waals surface area contributed by atoms with Gasteiger partial charge in [-0.2, -0.15) is 0 Å². The number of nitrogens with one attached hydrogen (secondary N) is 2. The average Bonchev–Trinajstić information content (AvgIpc) is 2.61. The summed E-state index contributed by atoms with van der Waals surface area (Å²) in [5.41, 5.74) is 0.722. The van der Waals surface area contributed by atoms with Gasteiger partial charge < -0.3 is 20.3 Å². The van der Waals surface area contributed by atoms with E-state index < -0.39 is 11.2 Å². The molecule has 150 valence electrons. The van der Waals surface area contributed by atoms with Gasteiger partial charge in [-0.25, -0.2) is 9.37 Å². The summed E-state index contributed by atoms with van der Waals surface area (Å²) < 4.78 is 19.5. The molecule has 0 radical (unpaired) electrons. The van der Waals surface area contributed by atoms with Crippen LogP contribution in [-0.4, -0.2) is 41.5 Å². The summed E-state index contributed by atoms with van der Waals surface area (Å²) in [7, 11) is 0. The summed E-state index contributed by atoms with van der Waals surface area (Å²) in [5.74, 6) is 0.600. The minimum atomic E-state index is -1.28. The fourth-order valence-corrected chi connectivity index (χ4v) is 2.95. The van der Waals surface area contributed by atoms with Gasteiger partial charge in [-0.1, -0.05) is 12.1 Å². The number of rotatable bonds is 5. The third-order valence-electron chi connectivity index (χ3n) is 4.11. The van der Waals surface area contributed by atoms with E-state index in [0.29, 0.717) is 30.3 Å². The molecule has 0 amide bonds. The highest BCUT2D eigenvalue weighted by atomic mass is 19.1. The smallest absolute Gasteiger partial charge is 0.311 e. The molecule has 3 rings (SSSR count). The van der Waals surface area contributed by atoms with Crippen molar-refractivity contribution in [1.29, 1.82) is 0 Å². The molecule has 0 bridgehead atoms. The highest BCUT2D eigenvalue weighted by Crippen LogP contribution is 2.34. The zero-order valence-electron chi connectivity index (χ0n) is 16.1. The molecule has 1 fully saturated rings. The fraction of sp³-hybridized carbons (Fsp3) is 0.421. The van der Waals surface area contributed by atoms with E-state index in [2.05, 4.69) is 15.6 Å². The second kappa shape index (κ2) is 7.97. The van der Waals surface area contributed by atoms with E-state index in [1.165, 1.54) is 6.07 Å². The van der Waals surface area contributed by atoms with Crippen molar-refractivity contribution >= 4 is 28.7 Å². The van der Waals surface area contributed by atoms with Gasteiger partial charge in [0.1, 0.15) is 5.82 Å². The van der Waals surface area contributed by atoms with Crippen molar-refractivity contribution in [2.24, 2.45) is 0 Å². The normalized spacial score (nSPS) is 17.3. The molecular formula is C19H24FN5O3. The second-order valence-electron chi connectivity index (χ2n) is 7.54. The summed E-state index contributed by atoms with van der Waals surface area (Å²) in [4.78, 5) is 16.9. The predicted octanol–water partition coefficient (Wildman–Crippen LogP) is 4.08. The highest BCUT2D eigenvalue weighted by Gasteiger charge is 2.26. The fourth-order valence-electron chi connectivity index (χ4n) is 2.95. The Labute approximate surface area is 162 Å². The van der Waals surface area contributed by atoms with Crippen molar-refractivity contribution in [3.8, 4) is 0 Å². The largest absolute Gasteiger partial charge is 0.375 e. The minimum Gasteiger partial charge on any atom is -0.375 e. The number of benzene rings is 1. The van der Waals surface area contributed by atoms with Crippen molar-refractivity contribution in [2.75, 3.05) is 35.3 Å². The number of nitro groups is 1. The zero-order valence-corrected chi connectivity index (χ0v) is 16.1. The molecule has 1 atom stereocenters. The standard InChI is InChI=1S/C19H24FN5O3/c1-19(2,3)23-17-9-8-15(25(26)27)18(22-17)21-13-6-4-5-7-14(13)24-10-11-28-12-16(24)20/h4-9,16H,10-12H2,1-3H3,(H2,21,22,23). The van der Waals surface area contributed by atoms with Gasteiger partial charge in [0.05, 0.1) is 29.5 Å². The van der Waals surface area contributed by atoms with Crippen molar-refractivity contribution in [1.82, 2.24) is 4.98 Å². The second-order valence-corrected chi connectivity index (χ2v) is 7.54. The van der Waals surface area contributed by atoms with Gasteiger partial charge in [0.15, 0.2) is 6.30 Å². The molecule has 0 spiro atoms. The van der Waals surface area contributed by atoms with E-state index >= 15 is 0 Å². The van der Waals surface area contributed by atoms with Crippen LogP contribution in [0, 0.1) is 10.1 Å². The van der Waals surface area contributed by atoms with Gasteiger partial charge in [0.25, 0.3) is 0 Å². The van der Waals surface area contributed by atoms with E-state index in [9.17, 15) is 14.5 Å². The number of nitrogens with zero attached hydrogens (tertiary/aromatic N) is 3. The van der Waals surface area contributed by atoms with E-state index in [1.54, 1.807) is 35.2 Å². The Morgan fingerprint density at radius 3 is 2.71 bits per heavy atom. The maximum Gasteiger partial charge on any atom is 0.311 e. The van der Waals surface area contributed by atoms with Crippen molar-refractivity contribution in [2.45, 2.75) is 32.6 Å². The first-order valence-electron chi connectivity index (χ1n) is 9.03. The third-order valence-corrected chi connectivity index (χ3v) is 4.11. The number of morpholine rings is 1. The van der Waals surface area contributed by atoms with Crippen LogP contribution in [-0.2, 0) is 4.74 Å². The summed E-state index contributed by atoms with van der Waals surface area (Å²) >= 11 is 0. The first-order chi connectivity index (χ1) is 13.2. The summed E-state index contributed by atoms with van der Waals surface area (Å²) in [6.07, 6.45) is -1.28. The molecule has 1 unspecified atom stereocenters. The first-order valence-corrected chi connectivity index (χ1v) is 9.03. The SMILES string of the molecule is CC(C)(C)Nc1ccc([N+](=O)[O-])c(Nc2ccccc2N2CCOCC2F)n1. The number of pyridine rings is 1. The molecule has 1 saturated heterocycles. The Morgan fingerprint density at radius 2 is 2.04 bits per heavy atom. The summed E-state index contributed by atoms with van der Waals surface area (Å²) in [5, 5.41) is 17.7. The Balaban J connectivity index is 1.97. The van der Waals surface area contributed by atoms with E-state index in [1.807, 2.05) is 20.8 Å². The number of ether oxygens (including phenoxy) is 1. The Morgan fingerprint density at radius 1 is 1.29 bits per heavy atom. The zero-order chi connectivity index (χ0) is 20.3. The van der Waals surface area contributed by atoms with Crippen LogP contribution in [0.15, 0.2) is 36.4 Å². The number of alkyl halides is 1. The molecule has 2 N–H and O–H groups in total. The minimum absolute atomic E-state index is 0.0162. The van der Waals surface area contributed by atoms with Crippen LogP contribution in [0.3, 0.4) is 0 Å². The van der Waals surface area contributed by atoms with Crippen LogP contribution < -0.4 is 15.5 Å². The predicted molar refractivity (Wildman–Crippen MR) is 107 cm³/mol. The third kappa shape index (κ3) is 4.66. The van der Waals surface area contributed by atoms with Gasteiger partial charge in [-0.3, -0.25) is 10.1 Å². The van der Waals surface area contributed by atoms with Crippen molar-refractivity contribution in [3.63, 3.8) is 0 Å². The summed E-state index contributed by atoms with van der Waals surface area (Å²) in [6, 6.07) is 10.1. The molecule has 1 aliphatic heterocycles. The van der Waals surface area contributed by atoms with Crippen LogP contribution in [0.5, 0.6) is 0 Å². The van der Waals surface area contributed by atoms with Gasteiger partial charge in [0.2, 0.25) is 5.82 Å². The maximum atomic E-state index is 14.3. The topological polar surface area (TPSA) is 92.6 Å². The molecular weight excluding hydrogens is 365 g/mol. The highest BCUT2D eigenvalue weighted by molar-refractivity contribution is 5.78. The Hall–Kier alpha value is -2.94. The van der Waals surface area contributed by atoms with Gasteiger partial charge in [-0.15, -0.1) is 0 Å².